The molecule has 0 atom stereocenters. The Morgan fingerprint density at radius 3 is 2.19 bits per heavy atom. The van der Waals surface area contributed by atoms with E-state index in [0.717, 1.165) is 27.9 Å². The van der Waals surface area contributed by atoms with Gasteiger partial charge in [-0.1, -0.05) is 48.0 Å². The van der Waals surface area contributed by atoms with E-state index in [9.17, 15) is 13.2 Å². The summed E-state index contributed by atoms with van der Waals surface area (Å²) in [5.74, 6) is -0.225. The molecule has 0 aromatic heterocycles. The minimum atomic E-state index is -3.91. The highest BCUT2D eigenvalue weighted by Gasteiger charge is 2.22. The van der Waals surface area contributed by atoms with E-state index < -0.39 is 15.9 Å². The Balaban J connectivity index is 1.88. The number of anilines is 1. The van der Waals surface area contributed by atoms with Crippen LogP contribution in [0, 0.1) is 20.8 Å². The lowest BCUT2D eigenvalue weighted by atomic mass is 10.0. The van der Waals surface area contributed by atoms with Gasteiger partial charge in [-0.25, -0.2) is 13.1 Å². The number of aryl methyl sites for hydroxylation is 3. The Morgan fingerprint density at radius 2 is 1.58 bits per heavy atom. The van der Waals surface area contributed by atoms with Crippen molar-refractivity contribution in [3.63, 3.8) is 0 Å². The van der Waals surface area contributed by atoms with E-state index in [1.54, 1.807) is 6.07 Å². The third-order valence-corrected chi connectivity index (χ3v) is 6.36. The number of rotatable bonds is 7. The van der Waals surface area contributed by atoms with Crippen LogP contribution in [0.25, 0.3) is 0 Å². The zero-order chi connectivity index (χ0) is 22.6. The standard InChI is InChI=1S/C24H26N2O4S/c1-16-12-17(2)23(18(3)13-16)26-24(27)20-10-11-21(30-4)22(14-20)31(28,29)25-15-19-8-6-5-7-9-19/h5-14,25H,15H2,1-4H3,(H,26,27). The summed E-state index contributed by atoms with van der Waals surface area (Å²) in [6.45, 7) is 5.97. The van der Waals surface area contributed by atoms with E-state index in [-0.39, 0.29) is 22.8 Å². The number of amides is 1. The third kappa shape index (κ3) is 5.31. The van der Waals surface area contributed by atoms with Crippen LogP contribution in [0.2, 0.25) is 0 Å². The molecule has 3 rings (SSSR count). The molecule has 3 aromatic carbocycles. The molecule has 0 radical (unpaired) electrons. The zero-order valence-electron chi connectivity index (χ0n) is 18.0. The maximum Gasteiger partial charge on any atom is 0.255 e. The number of hydrogen-bond donors (Lipinski definition) is 2. The van der Waals surface area contributed by atoms with Crippen molar-refractivity contribution >= 4 is 21.6 Å². The Morgan fingerprint density at radius 1 is 0.935 bits per heavy atom. The van der Waals surface area contributed by atoms with E-state index in [1.165, 1.54) is 19.2 Å². The van der Waals surface area contributed by atoms with Gasteiger partial charge in [0.25, 0.3) is 5.91 Å². The molecule has 0 spiro atoms. The summed E-state index contributed by atoms with van der Waals surface area (Å²) in [6, 6.07) is 17.5. The van der Waals surface area contributed by atoms with Crippen LogP contribution in [0.1, 0.15) is 32.6 Å². The number of hydrogen-bond acceptors (Lipinski definition) is 4. The van der Waals surface area contributed by atoms with Crippen LogP contribution in [-0.4, -0.2) is 21.4 Å². The summed E-state index contributed by atoms with van der Waals surface area (Å²) in [5, 5.41) is 2.90. The van der Waals surface area contributed by atoms with Gasteiger partial charge in [0, 0.05) is 17.8 Å². The van der Waals surface area contributed by atoms with Crippen LogP contribution in [0.15, 0.2) is 65.6 Å². The van der Waals surface area contributed by atoms with Gasteiger partial charge < -0.3 is 10.1 Å². The van der Waals surface area contributed by atoms with E-state index in [4.69, 9.17) is 4.74 Å². The molecule has 2 N–H and O–H groups in total. The molecule has 0 heterocycles. The first-order chi connectivity index (χ1) is 14.7. The molecule has 0 saturated heterocycles. The van der Waals surface area contributed by atoms with Crippen molar-refractivity contribution in [2.75, 3.05) is 12.4 Å². The maximum atomic E-state index is 12.9. The quantitative estimate of drug-likeness (QED) is 0.574. The van der Waals surface area contributed by atoms with Crippen LogP contribution >= 0.6 is 0 Å². The van der Waals surface area contributed by atoms with Gasteiger partial charge in [0.05, 0.1) is 7.11 Å². The maximum absolute atomic E-state index is 12.9. The molecule has 0 aliphatic carbocycles. The topological polar surface area (TPSA) is 84.5 Å². The summed E-state index contributed by atoms with van der Waals surface area (Å²) in [4.78, 5) is 12.8. The average Bonchev–Trinajstić information content (AvgIpc) is 2.75. The van der Waals surface area contributed by atoms with E-state index in [1.807, 2.05) is 63.2 Å². The molecule has 0 fully saturated rings. The molecule has 0 bridgehead atoms. The first-order valence-electron chi connectivity index (χ1n) is 9.82. The van der Waals surface area contributed by atoms with Gasteiger partial charge in [-0.2, -0.15) is 0 Å². The monoisotopic (exact) mass is 438 g/mol. The minimum absolute atomic E-state index is 0.0871. The fourth-order valence-electron chi connectivity index (χ4n) is 3.44. The molecular formula is C24H26N2O4S. The van der Waals surface area contributed by atoms with Crippen LogP contribution in [-0.2, 0) is 16.6 Å². The van der Waals surface area contributed by atoms with E-state index in [2.05, 4.69) is 10.0 Å². The van der Waals surface area contributed by atoms with Gasteiger partial charge in [0.2, 0.25) is 10.0 Å². The summed E-state index contributed by atoms with van der Waals surface area (Å²) < 4.78 is 33.7. The Labute approximate surface area is 183 Å². The van der Waals surface area contributed by atoms with Gasteiger partial charge in [0.15, 0.2) is 0 Å². The van der Waals surface area contributed by atoms with Crippen molar-refractivity contribution in [3.8, 4) is 5.75 Å². The molecule has 0 aliphatic heterocycles. The van der Waals surface area contributed by atoms with Gasteiger partial charge in [-0.15, -0.1) is 0 Å². The van der Waals surface area contributed by atoms with E-state index in [0.29, 0.717) is 0 Å². The summed E-state index contributed by atoms with van der Waals surface area (Å²) in [6.07, 6.45) is 0. The fourth-order valence-corrected chi connectivity index (χ4v) is 4.65. The first-order valence-corrected chi connectivity index (χ1v) is 11.3. The summed E-state index contributed by atoms with van der Waals surface area (Å²) in [5.41, 5.74) is 4.76. The number of ether oxygens (including phenoxy) is 1. The van der Waals surface area contributed by atoms with Gasteiger partial charge >= 0.3 is 0 Å². The lowest BCUT2D eigenvalue weighted by Crippen LogP contribution is -2.24. The van der Waals surface area contributed by atoms with Gasteiger partial charge in [0.1, 0.15) is 10.6 Å². The lowest BCUT2D eigenvalue weighted by Gasteiger charge is -2.15. The number of carbonyl (C=O) groups excluding carboxylic acids is 1. The average molecular weight is 439 g/mol. The highest BCUT2D eigenvalue weighted by atomic mass is 32.2. The summed E-state index contributed by atoms with van der Waals surface area (Å²) in [7, 11) is -2.51. The van der Waals surface area contributed by atoms with Gasteiger partial charge in [-0.3, -0.25) is 4.79 Å². The number of carbonyl (C=O) groups is 1. The Bertz CT molecular complexity index is 1180. The van der Waals surface area contributed by atoms with Crippen molar-refractivity contribution in [2.45, 2.75) is 32.2 Å². The van der Waals surface area contributed by atoms with Crippen molar-refractivity contribution in [3.05, 3.63) is 88.5 Å². The predicted molar refractivity (Wildman–Crippen MR) is 122 cm³/mol. The molecule has 7 heteroatoms. The second kappa shape index (κ2) is 9.32. The normalized spacial score (nSPS) is 11.2. The largest absolute Gasteiger partial charge is 0.495 e. The lowest BCUT2D eigenvalue weighted by molar-refractivity contribution is 0.102. The molecule has 3 aromatic rings. The molecule has 0 unspecified atom stereocenters. The molecule has 31 heavy (non-hydrogen) atoms. The molecule has 0 aliphatic rings. The smallest absolute Gasteiger partial charge is 0.255 e. The third-order valence-electron chi connectivity index (χ3n) is 4.94. The number of methoxy groups -OCH3 is 1. The number of sulfonamides is 1. The fraction of sp³-hybridized carbons (Fsp3) is 0.208. The Hall–Kier alpha value is -3.16. The summed E-state index contributed by atoms with van der Waals surface area (Å²) >= 11 is 0. The van der Waals surface area contributed by atoms with Crippen LogP contribution in [0.4, 0.5) is 5.69 Å². The molecular weight excluding hydrogens is 412 g/mol. The molecule has 162 valence electrons. The number of nitrogens with one attached hydrogen (secondary N) is 2. The predicted octanol–water partition coefficient (Wildman–Crippen LogP) is 4.35. The van der Waals surface area contributed by atoms with E-state index >= 15 is 0 Å². The highest BCUT2D eigenvalue weighted by Crippen LogP contribution is 2.27. The van der Waals surface area contributed by atoms with Crippen molar-refractivity contribution < 1.29 is 17.9 Å². The van der Waals surface area contributed by atoms with Crippen LogP contribution < -0.4 is 14.8 Å². The molecule has 6 nitrogen and oxygen atoms in total. The first kappa shape index (κ1) is 22.5. The Kier molecular flexibility index (Phi) is 6.77. The van der Waals surface area contributed by atoms with Crippen molar-refractivity contribution in [2.24, 2.45) is 0 Å². The van der Waals surface area contributed by atoms with Crippen molar-refractivity contribution in [1.82, 2.24) is 4.72 Å². The van der Waals surface area contributed by atoms with Gasteiger partial charge in [-0.05, 0) is 55.7 Å². The molecule has 0 saturated carbocycles. The second-order valence-corrected chi connectivity index (χ2v) is 9.14. The molecule has 1 amide bonds. The SMILES string of the molecule is COc1ccc(C(=O)Nc2c(C)cc(C)cc2C)cc1S(=O)(=O)NCc1ccccc1. The van der Waals surface area contributed by atoms with Crippen LogP contribution in [0.5, 0.6) is 5.75 Å². The minimum Gasteiger partial charge on any atom is -0.495 e. The zero-order valence-corrected chi connectivity index (χ0v) is 18.8. The van der Waals surface area contributed by atoms with Crippen LogP contribution in [0.3, 0.4) is 0 Å². The second-order valence-electron chi connectivity index (χ2n) is 7.40. The number of benzene rings is 3. The highest BCUT2D eigenvalue weighted by molar-refractivity contribution is 7.89. The van der Waals surface area contributed by atoms with Crippen molar-refractivity contribution in [1.29, 1.82) is 0 Å².